The first-order valence-electron chi connectivity index (χ1n) is 11.9. The quantitative estimate of drug-likeness (QED) is 0.571. The van der Waals surface area contributed by atoms with Crippen molar-refractivity contribution >= 4 is 16.8 Å². The third kappa shape index (κ3) is 3.89. The van der Waals surface area contributed by atoms with Gasteiger partial charge in [0, 0.05) is 49.0 Å². The molecule has 3 atom stereocenters. The lowest BCUT2D eigenvalue weighted by Crippen LogP contribution is -2.45. The molecule has 2 saturated heterocycles. The largest absolute Gasteiger partial charge is 0.381 e. The number of hydrogen-bond donors (Lipinski definition) is 3. The van der Waals surface area contributed by atoms with Crippen LogP contribution in [0.25, 0.3) is 22.2 Å². The lowest BCUT2D eigenvalue weighted by Gasteiger charge is -2.33. The smallest absolute Gasteiger partial charge is 0.155 e. The molecule has 1 unspecified atom stereocenters. The zero-order valence-electron chi connectivity index (χ0n) is 18.9. The van der Waals surface area contributed by atoms with E-state index in [-0.39, 0.29) is 23.8 Å². The van der Waals surface area contributed by atoms with Crippen molar-refractivity contribution in [1.82, 2.24) is 20.6 Å². The summed E-state index contributed by atoms with van der Waals surface area (Å²) in [5.41, 5.74) is 8.13. The Balaban J connectivity index is 1.40. The van der Waals surface area contributed by atoms with Crippen molar-refractivity contribution in [2.75, 3.05) is 33.0 Å². The molecule has 2 aromatic heterocycles. The van der Waals surface area contributed by atoms with Gasteiger partial charge in [-0.3, -0.25) is 4.79 Å². The summed E-state index contributed by atoms with van der Waals surface area (Å²) < 4.78 is 11.3. The Bertz CT molecular complexity index is 1190. The van der Waals surface area contributed by atoms with Gasteiger partial charge in [0.1, 0.15) is 5.65 Å². The molecule has 1 aromatic carbocycles. The zero-order chi connectivity index (χ0) is 22.4. The van der Waals surface area contributed by atoms with Crippen LogP contribution >= 0.6 is 0 Å². The van der Waals surface area contributed by atoms with Gasteiger partial charge in [-0.15, -0.1) is 0 Å². The topological polar surface area (TPSA) is 88.3 Å². The van der Waals surface area contributed by atoms with Crippen LogP contribution in [-0.4, -0.2) is 54.8 Å². The second kappa shape index (κ2) is 8.65. The zero-order valence-corrected chi connectivity index (χ0v) is 18.9. The van der Waals surface area contributed by atoms with E-state index in [1.54, 1.807) is 0 Å². The second-order valence-electron chi connectivity index (χ2n) is 9.48. The van der Waals surface area contributed by atoms with Crippen molar-refractivity contribution in [1.29, 1.82) is 0 Å². The first kappa shape index (κ1) is 21.0. The minimum atomic E-state index is -0.157. The van der Waals surface area contributed by atoms with E-state index in [1.165, 1.54) is 22.3 Å². The van der Waals surface area contributed by atoms with E-state index in [2.05, 4.69) is 45.7 Å². The molecule has 3 aliphatic heterocycles. The highest BCUT2D eigenvalue weighted by molar-refractivity contribution is 5.88. The van der Waals surface area contributed by atoms with E-state index in [4.69, 9.17) is 9.47 Å². The number of aryl methyl sites for hydroxylation is 1. The number of pyridine rings is 1. The fourth-order valence-corrected chi connectivity index (χ4v) is 5.45. The number of nitrogens with zero attached hydrogens (tertiary/aromatic N) is 1. The van der Waals surface area contributed by atoms with Gasteiger partial charge < -0.3 is 25.1 Å². The Morgan fingerprint density at radius 1 is 1.09 bits per heavy atom. The van der Waals surface area contributed by atoms with Gasteiger partial charge in [0.05, 0.1) is 31.9 Å². The molecule has 6 rings (SSSR count). The van der Waals surface area contributed by atoms with Gasteiger partial charge in [0.25, 0.3) is 0 Å². The lowest BCUT2D eigenvalue weighted by atomic mass is 9.83. The van der Waals surface area contributed by atoms with Crippen molar-refractivity contribution in [3.8, 4) is 11.1 Å². The van der Waals surface area contributed by atoms with Crippen LogP contribution in [0.1, 0.15) is 34.7 Å². The molecule has 0 amide bonds. The summed E-state index contributed by atoms with van der Waals surface area (Å²) in [5, 5.41) is 8.29. The van der Waals surface area contributed by atoms with E-state index < -0.39 is 0 Å². The second-order valence-corrected chi connectivity index (χ2v) is 9.48. The average molecular weight is 447 g/mol. The van der Waals surface area contributed by atoms with Crippen molar-refractivity contribution in [2.45, 2.75) is 38.4 Å². The summed E-state index contributed by atoms with van der Waals surface area (Å²) in [6.45, 7) is 6.28. The van der Waals surface area contributed by atoms with Gasteiger partial charge >= 0.3 is 0 Å². The van der Waals surface area contributed by atoms with Crippen LogP contribution in [-0.2, 0) is 27.2 Å². The van der Waals surface area contributed by atoms with Crippen LogP contribution in [0.2, 0.25) is 0 Å². The predicted molar refractivity (Wildman–Crippen MR) is 126 cm³/mol. The summed E-state index contributed by atoms with van der Waals surface area (Å²) in [5.74, 6) is 0.304. The molecule has 2 fully saturated rings. The maximum absolute atomic E-state index is 13.1. The van der Waals surface area contributed by atoms with Crippen LogP contribution in [0, 0.1) is 12.8 Å². The van der Waals surface area contributed by atoms with Gasteiger partial charge in [0.15, 0.2) is 5.78 Å². The molecule has 0 saturated carbocycles. The number of morpholine rings is 1. The van der Waals surface area contributed by atoms with E-state index >= 15 is 0 Å². The summed E-state index contributed by atoms with van der Waals surface area (Å²) in [6, 6.07) is 6.75. The van der Waals surface area contributed by atoms with Gasteiger partial charge in [-0.2, -0.15) is 0 Å². The summed E-state index contributed by atoms with van der Waals surface area (Å²) in [4.78, 5) is 21.0. The molecule has 3 aliphatic rings. The fourth-order valence-electron chi connectivity index (χ4n) is 5.45. The molecule has 0 radical (unpaired) electrons. The lowest BCUT2D eigenvalue weighted by molar-refractivity contribution is -0.125. The number of nitrogens with one attached hydrogen (secondary N) is 3. The number of rotatable bonds is 4. The Morgan fingerprint density at radius 3 is 2.82 bits per heavy atom. The third-order valence-corrected chi connectivity index (χ3v) is 7.37. The number of aromatic nitrogens is 2. The molecule has 7 heteroatoms. The number of benzene rings is 1. The standard InChI is InChI=1S/C26H30N4O3/c1-15-10-29-26-20(15)8-19(11-30-26)17-6-18-9-23(25(31)16-2-4-32-13-16)28-12-22(18)21(7-17)24-14-33-5-3-27-24/h6-8,10-11,16,23-24,27-28H,2-5,9,12-14H2,1H3,(H,29,30)/t16-,23?,24-/m0/s1. The fraction of sp³-hybridized carbons (Fsp3) is 0.462. The van der Waals surface area contributed by atoms with Gasteiger partial charge in [0.2, 0.25) is 0 Å². The van der Waals surface area contributed by atoms with Crippen molar-refractivity contribution < 1.29 is 14.3 Å². The number of Topliss-reactive ketones (excluding diaryl/α,β-unsaturated/α-hetero) is 1. The van der Waals surface area contributed by atoms with Crippen LogP contribution in [0.4, 0.5) is 0 Å². The van der Waals surface area contributed by atoms with Gasteiger partial charge in [-0.25, -0.2) is 4.98 Å². The number of ketones is 1. The Labute approximate surface area is 193 Å². The number of carbonyl (C=O) groups excluding carboxylic acids is 1. The van der Waals surface area contributed by atoms with E-state index in [0.29, 0.717) is 32.8 Å². The molecule has 0 bridgehead atoms. The molecule has 3 N–H and O–H groups in total. The number of H-pyrrole nitrogens is 1. The van der Waals surface area contributed by atoms with E-state index in [0.717, 1.165) is 41.7 Å². The van der Waals surface area contributed by atoms with Gasteiger partial charge in [-0.05, 0) is 59.7 Å². The highest BCUT2D eigenvalue weighted by atomic mass is 16.5. The molecule has 7 nitrogen and oxygen atoms in total. The SMILES string of the molecule is Cc1c[nH]c2ncc(-c3cc4c(c([C@@H]5COCCN5)c3)CNC(C(=O)[C@H]3CCOC3)C4)cc12. The molecular formula is C26H30N4O3. The van der Waals surface area contributed by atoms with E-state index in [1.807, 2.05) is 12.4 Å². The Hall–Kier alpha value is -2.58. The molecule has 33 heavy (non-hydrogen) atoms. The number of ether oxygens (including phenoxy) is 2. The van der Waals surface area contributed by atoms with Crippen molar-refractivity contribution in [3.05, 3.63) is 52.8 Å². The van der Waals surface area contributed by atoms with Crippen LogP contribution in [0.15, 0.2) is 30.6 Å². The van der Waals surface area contributed by atoms with Crippen LogP contribution in [0.3, 0.4) is 0 Å². The maximum Gasteiger partial charge on any atom is 0.155 e. The number of aromatic amines is 1. The number of fused-ring (bicyclic) bond motifs is 2. The van der Waals surface area contributed by atoms with Crippen LogP contribution < -0.4 is 10.6 Å². The normalized spacial score (nSPS) is 25.3. The molecule has 172 valence electrons. The number of carbonyl (C=O) groups is 1. The first-order valence-corrected chi connectivity index (χ1v) is 11.9. The minimum absolute atomic E-state index is 0.0169. The van der Waals surface area contributed by atoms with Crippen molar-refractivity contribution in [3.63, 3.8) is 0 Å². The number of hydrogen-bond acceptors (Lipinski definition) is 6. The molecule has 0 spiro atoms. The first-order chi connectivity index (χ1) is 16.2. The molecule has 0 aliphatic carbocycles. The average Bonchev–Trinajstić information content (AvgIpc) is 3.53. The minimum Gasteiger partial charge on any atom is -0.381 e. The maximum atomic E-state index is 13.1. The summed E-state index contributed by atoms with van der Waals surface area (Å²) in [6.07, 6.45) is 5.48. The predicted octanol–water partition coefficient (Wildman–Crippen LogP) is 2.82. The monoisotopic (exact) mass is 446 g/mol. The molecule has 3 aromatic rings. The van der Waals surface area contributed by atoms with Gasteiger partial charge in [-0.1, -0.05) is 6.07 Å². The molecular weight excluding hydrogens is 416 g/mol. The Kier molecular flexibility index (Phi) is 5.50. The highest BCUT2D eigenvalue weighted by Crippen LogP contribution is 2.34. The molecule has 5 heterocycles. The third-order valence-electron chi connectivity index (χ3n) is 7.37. The summed E-state index contributed by atoms with van der Waals surface area (Å²) in [7, 11) is 0. The van der Waals surface area contributed by atoms with E-state index in [9.17, 15) is 4.79 Å². The summed E-state index contributed by atoms with van der Waals surface area (Å²) >= 11 is 0. The van der Waals surface area contributed by atoms with Crippen LogP contribution in [0.5, 0.6) is 0 Å². The highest BCUT2D eigenvalue weighted by Gasteiger charge is 2.34. The van der Waals surface area contributed by atoms with Crippen molar-refractivity contribution in [2.24, 2.45) is 5.92 Å². The Morgan fingerprint density at radius 2 is 2.00 bits per heavy atom.